The van der Waals surface area contributed by atoms with E-state index in [9.17, 15) is 4.79 Å². The number of piperidine rings is 1. The highest BCUT2D eigenvalue weighted by Crippen LogP contribution is 2.30. The number of aromatic amines is 1. The van der Waals surface area contributed by atoms with Crippen LogP contribution >= 0.6 is 11.6 Å². The predicted molar refractivity (Wildman–Crippen MR) is 103 cm³/mol. The van der Waals surface area contributed by atoms with E-state index in [1.165, 1.54) is 24.8 Å². The van der Waals surface area contributed by atoms with Crippen molar-refractivity contribution in [2.45, 2.75) is 44.6 Å². The Kier molecular flexibility index (Phi) is 5.21. The minimum Gasteiger partial charge on any atom is -0.490 e. The van der Waals surface area contributed by atoms with E-state index in [4.69, 9.17) is 16.3 Å². The van der Waals surface area contributed by atoms with E-state index in [1.807, 2.05) is 41.4 Å². The highest BCUT2D eigenvalue weighted by Gasteiger charge is 2.26. The lowest BCUT2D eigenvalue weighted by Gasteiger charge is -2.32. The third-order valence-corrected chi connectivity index (χ3v) is 5.82. The van der Waals surface area contributed by atoms with Gasteiger partial charge < -0.3 is 14.6 Å². The molecule has 1 aromatic heterocycles. The van der Waals surface area contributed by atoms with Gasteiger partial charge >= 0.3 is 0 Å². The van der Waals surface area contributed by atoms with Crippen molar-refractivity contribution in [3.8, 4) is 5.75 Å². The maximum Gasteiger partial charge on any atom is 0.270 e. The van der Waals surface area contributed by atoms with Gasteiger partial charge in [0, 0.05) is 37.2 Å². The van der Waals surface area contributed by atoms with Gasteiger partial charge in [0.15, 0.2) is 0 Å². The third-order valence-electron chi connectivity index (χ3n) is 5.57. The summed E-state index contributed by atoms with van der Waals surface area (Å²) in [5.74, 6) is 1.76. The number of H-pyrrole nitrogens is 1. The van der Waals surface area contributed by atoms with Crippen LogP contribution in [0.1, 0.15) is 48.2 Å². The molecule has 4 nitrogen and oxygen atoms in total. The molecule has 2 fully saturated rings. The summed E-state index contributed by atoms with van der Waals surface area (Å²) < 4.78 is 6.01. The number of hydrogen-bond acceptors (Lipinski definition) is 2. The number of ether oxygens (including phenoxy) is 1. The van der Waals surface area contributed by atoms with Gasteiger partial charge in [-0.3, -0.25) is 4.79 Å². The van der Waals surface area contributed by atoms with Crippen molar-refractivity contribution in [1.82, 2.24) is 9.88 Å². The Morgan fingerprint density at radius 2 is 1.88 bits per heavy atom. The second-order valence-corrected chi connectivity index (χ2v) is 7.92. The number of halogens is 1. The van der Waals surface area contributed by atoms with Crippen LogP contribution in [0.4, 0.5) is 0 Å². The predicted octanol–water partition coefficient (Wildman–Crippen LogP) is 4.69. The summed E-state index contributed by atoms with van der Waals surface area (Å²) in [5, 5.41) is 0.709. The SMILES string of the molecule is O=C(c1cc(CC2CCC2)c[nH]1)N1CCC(Oc2ccc(Cl)cc2)CC1. The van der Waals surface area contributed by atoms with Crippen molar-refractivity contribution < 1.29 is 9.53 Å². The molecule has 138 valence electrons. The van der Waals surface area contributed by atoms with Gasteiger partial charge in [0.25, 0.3) is 5.91 Å². The van der Waals surface area contributed by atoms with Gasteiger partial charge in [-0.15, -0.1) is 0 Å². The number of rotatable bonds is 5. The lowest BCUT2D eigenvalue weighted by Crippen LogP contribution is -2.41. The highest BCUT2D eigenvalue weighted by atomic mass is 35.5. The third kappa shape index (κ3) is 4.07. The molecule has 2 aromatic rings. The Labute approximate surface area is 159 Å². The van der Waals surface area contributed by atoms with E-state index >= 15 is 0 Å². The zero-order valence-electron chi connectivity index (χ0n) is 14.9. The molecule has 0 bridgehead atoms. The van der Waals surface area contributed by atoms with Crippen LogP contribution in [0.3, 0.4) is 0 Å². The Bertz CT molecular complexity index is 744. The summed E-state index contributed by atoms with van der Waals surface area (Å²) in [6.45, 7) is 1.46. The molecule has 1 aliphatic carbocycles. The Balaban J connectivity index is 1.28. The molecule has 0 spiro atoms. The van der Waals surface area contributed by atoms with Crippen LogP contribution < -0.4 is 4.74 Å². The first-order chi connectivity index (χ1) is 12.7. The van der Waals surface area contributed by atoms with Crippen LogP contribution in [-0.4, -0.2) is 35.0 Å². The molecule has 5 heteroatoms. The van der Waals surface area contributed by atoms with Crippen molar-refractivity contribution >= 4 is 17.5 Å². The van der Waals surface area contributed by atoms with Crippen molar-refractivity contribution in [2.24, 2.45) is 5.92 Å². The average Bonchev–Trinajstić information content (AvgIpc) is 3.09. The van der Waals surface area contributed by atoms with Crippen molar-refractivity contribution in [3.63, 3.8) is 0 Å². The second kappa shape index (κ2) is 7.75. The van der Waals surface area contributed by atoms with Gasteiger partial charge in [0.1, 0.15) is 17.5 Å². The summed E-state index contributed by atoms with van der Waals surface area (Å²) in [6.07, 6.45) is 8.97. The molecule has 1 aromatic carbocycles. The van der Waals surface area contributed by atoms with E-state index < -0.39 is 0 Å². The normalized spacial score (nSPS) is 18.6. The molecule has 4 rings (SSSR count). The first-order valence-corrected chi connectivity index (χ1v) is 9.94. The van der Waals surface area contributed by atoms with Crippen LogP contribution in [-0.2, 0) is 6.42 Å². The number of carbonyl (C=O) groups is 1. The Morgan fingerprint density at radius 3 is 2.54 bits per heavy atom. The quantitative estimate of drug-likeness (QED) is 0.827. The van der Waals surface area contributed by atoms with Crippen LogP contribution in [0.2, 0.25) is 5.02 Å². The fraction of sp³-hybridized carbons (Fsp3) is 0.476. The molecular formula is C21H25ClN2O2. The summed E-state index contributed by atoms with van der Waals surface area (Å²) >= 11 is 5.90. The molecule has 1 N–H and O–H groups in total. The van der Waals surface area contributed by atoms with E-state index in [0.29, 0.717) is 5.02 Å². The molecule has 0 atom stereocenters. The van der Waals surface area contributed by atoms with E-state index in [-0.39, 0.29) is 12.0 Å². The first-order valence-electron chi connectivity index (χ1n) is 9.56. The maximum absolute atomic E-state index is 12.7. The number of nitrogens with one attached hydrogen (secondary N) is 1. The van der Waals surface area contributed by atoms with Gasteiger partial charge in [-0.2, -0.15) is 0 Å². The number of amides is 1. The van der Waals surface area contributed by atoms with Crippen molar-refractivity contribution in [1.29, 1.82) is 0 Å². The molecule has 2 heterocycles. The number of aromatic nitrogens is 1. The zero-order valence-corrected chi connectivity index (χ0v) is 15.7. The van der Waals surface area contributed by atoms with Crippen LogP contribution in [0.5, 0.6) is 5.75 Å². The van der Waals surface area contributed by atoms with Gasteiger partial charge in [0.2, 0.25) is 0 Å². The maximum atomic E-state index is 12.7. The van der Waals surface area contributed by atoms with Crippen LogP contribution in [0, 0.1) is 5.92 Å². The lowest BCUT2D eigenvalue weighted by molar-refractivity contribution is 0.0591. The minimum atomic E-state index is 0.106. The smallest absolute Gasteiger partial charge is 0.270 e. The minimum absolute atomic E-state index is 0.106. The molecule has 2 aliphatic rings. The number of benzene rings is 1. The molecule has 0 radical (unpaired) electrons. The summed E-state index contributed by atoms with van der Waals surface area (Å²) in [7, 11) is 0. The van der Waals surface area contributed by atoms with Gasteiger partial charge in [-0.05, 0) is 48.2 Å². The highest BCUT2D eigenvalue weighted by molar-refractivity contribution is 6.30. The first kappa shape index (κ1) is 17.5. The zero-order chi connectivity index (χ0) is 17.9. The van der Waals surface area contributed by atoms with E-state index in [1.54, 1.807) is 0 Å². The largest absolute Gasteiger partial charge is 0.490 e. The fourth-order valence-electron chi connectivity index (χ4n) is 3.76. The number of nitrogens with zero attached hydrogens (tertiary/aromatic N) is 1. The molecular weight excluding hydrogens is 348 g/mol. The van der Waals surface area contributed by atoms with Gasteiger partial charge in [-0.25, -0.2) is 0 Å². The number of likely N-dealkylation sites (tertiary alicyclic amines) is 1. The molecule has 26 heavy (non-hydrogen) atoms. The Morgan fingerprint density at radius 1 is 1.15 bits per heavy atom. The summed E-state index contributed by atoms with van der Waals surface area (Å²) in [4.78, 5) is 17.8. The molecule has 1 amide bonds. The van der Waals surface area contributed by atoms with Crippen LogP contribution in [0.15, 0.2) is 36.5 Å². The van der Waals surface area contributed by atoms with Crippen molar-refractivity contribution in [2.75, 3.05) is 13.1 Å². The lowest BCUT2D eigenvalue weighted by atomic mass is 9.81. The van der Waals surface area contributed by atoms with E-state index in [0.717, 1.165) is 49.7 Å². The van der Waals surface area contributed by atoms with Crippen molar-refractivity contribution in [3.05, 3.63) is 52.8 Å². The fourth-order valence-corrected chi connectivity index (χ4v) is 3.89. The van der Waals surface area contributed by atoms with Gasteiger partial charge in [-0.1, -0.05) is 30.9 Å². The second-order valence-electron chi connectivity index (χ2n) is 7.49. The summed E-state index contributed by atoms with van der Waals surface area (Å²) in [5.41, 5.74) is 1.98. The Hall–Kier alpha value is -1.94. The number of hydrogen-bond donors (Lipinski definition) is 1. The summed E-state index contributed by atoms with van der Waals surface area (Å²) in [6, 6.07) is 9.49. The molecule has 1 saturated carbocycles. The monoisotopic (exact) mass is 372 g/mol. The molecule has 1 aliphatic heterocycles. The average molecular weight is 373 g/mol. The topological polar surface area (TPSA) is 45.3 Å². The molecule has 1 saturated heterocycles. The van der Waals surface area contributed by atoms with E-state index in [2.05, 4.69) is 4.98 Å². The number of carbonyl (C=O) groups excluding carboxylic acids is 1. The molecule has 0 unspecified atom stereocenters. The van der Waals surface area contributed by atoms with Gasteiger partial charge in [0.05, 0.1) is 0 Å². The van der Waals surface area contributed by atoms with Crippen LogP contribution in [0.25, 0.3) is 0 Å². The standard InChI is InChI=1S/C21H25ClN2O2/c22-17-4-6-18(7-5-17)26-19-8-10-24(11-9-19)21(25)20-13-16(14-23-20)12-15-2-1-3-15/h4-7,13-15,19,23H,1-3,8-12H2.